The fourth-order valence-electron chi connectivity index (χ4n) is 2.71. The van der Waals surface area contributed by atoms with Crippen LogP contribution in [0.3, 0.4) is 0 Å². The van der Waals surface area contributed by atoms with Gasteiger partial charge in [0.05, 0.1) is 12.1 Å². The van der Waals surface area contributed by atoms with Gasteiger partial charge >= 0.3 is 0 Å². The quantitative estimate of drug-likeness (QED) is 0.674. The van der Waals surface area contributed by atoms with E-state index >= 15 is 0 Å². The largest absolute Gasteiger partial charge is 0.352 e. The predicted molar refractivity (Wildman–Crippen MR) is 109 cm³/mol. The van der Waals surface area contributed by atoms with Gasteiger partial charge in [-0.2, -0.15) is 0 Å². The average molecular weight is 401 g/mol. The zero-order valence-electron chi connectivity index (χ0n) is 14.5. The Morgan fingerprint density at radius 3 is 2.59 bits per heavy atom. The van der Waals surface area contributed by atoms with Gasteiger partial charge in [0, 0.05) is 28.9 Å². The second kappa shape index (κ2) is 8.89. The molecule has 0 fully saturated rings. The molecule has 27 heavy (non-hydrogen) atoms. The van der Waals surface area contributed by atoms with Crippen LogP contribution in [0.1, 0.15) is 21.5 Å². The summed E-state index contributed by atoms with van der Waals surface area (Å²) in [6, 6.07) is 17.8. The maximum absolute atomic E-state index is 12.4. The summed E-state index contributed by atoms with van der Waals surface area (Å²) in [6.45, 7) is 0.783. The molecule has 6 heteroatoms. The van der Waals surface area contributed by atoms with Gasteiger partial charge in [-0.05, 0) is 41.8 Å². The third kappa shape index (κ3) is 5.22. The number of benzene rings is 2. The van der Waals surface area contributed by atoms with E-state index in [0.29, 0.717) is 35.1 Å². The van der Waals surface area contributed by atoms with Gasteiger partial charge in [-0.25, -0.2) is 0 Å². The maximum atomic E-state index is 12.4. The molecular formula is C21H18Cl2N2O2. The van der Waals surface area contributed by atoms with E-state index in [1.165, 1.54) is 16.7 Å². The average Bonchev–Trinajstić information content (AvgIpc) is 2.65. The summed E-state index contributed by atoms with van der Waals surface area (Å²) >= 11 is 12.1. The van der Waals surface area contributed by atoms with E-state index in [9.17, 15) is 9.59 Å². The molecule has 1 heterocycles. The summed E-state index contributed by atoms with van der Waals surface area (Å²) in [5.74, 6) is -0.232. The zero-order chi connectivity index (χ0) is 19.2. The van der Waals surface area contributed by atoms with Crippen LogP contribution in [0.2, 0.25) is 10.0 Å². The van der Waals surface area contributed by atoms with Gasteiger partial charge < -0.3 is 9.88 Å². The molecule has 0 atom stereocenters. The minimum Gasteiger partial charge on any atom is -0.352 e. The zero-order valence-corrected chi connectivity index (χ0v) is 16.0. The molecule has 3 rings (SSSR count). The molecule has 1 N–H and O–H groups in total. The highest BCUT2D eigenvalue weighted by Gasteiger charge is 2.09. The summed E-state index contributed by atoms with van der Waals surface area (Å²) in [7, 11) is 0. The van der Waals surface area contributed by atoms with E-state index in [0.717, 1.165) is 11.1 Å². The molecule has 2 aromatic carbocycles. The molecule has 3 aromatic rings. The van der Waals surface area contributed by atoms with Gasteiger partial charge in [0.15, 0.2) is 0 Å². The fraction of sp³-hybridized carbons (Fsp3) is 0.143. The lowest BCUT2D eigenvalue weighted by Gasteiger charge is -2.10. The number of pyridine rings is 1. The van der Waals surface area contributed by atoms with E-state index in [4.69, 9.17) is 23.2 Å². The van der Waals surface area contributed by atoms with Crippen molar-refractivity contribution < 1.29 is 4.79 Å². The first-order valence-electron chi connectivity index (χ1n) is 8.49. The van der Waals surface area contributed by atoms with Crippen molar-refractivity contribution in [2.24, 2.45) is 0 Å². The van der Waals surface area contributed by atoms with Crippen LogP contribution in [-0.4, -0.2) is 17.0 Å². The van der Waals surface area contributed by atoms with E-state index in [1.54, 1.807) is 12.3 Å². The van der Waals surface area contributed by atoms with Crippen LogP contribution >= 0.6 is 23.2 Å². The first kappa shape index (κ1) is 19.2. The Morgan fingerprint density at radius 1 is 1.00 bits per heavy atom. The summed E-state index contributed by atoms with van der Waals surface area (Å²) in [6.07, 6.45) is 2.23. The van der Waals surface area contributed by atoms with Gasteiger partial charge in [-0.15, -0.1) is 0 Å². The Bertz CT molecular complexity index is 1010. The van der Waals surface area contributed by atoms with Crippen molar-refractivity contribution in [1.82, 2.24) is 9.88 Å². The highest BCUT2D eigenvalue weighted by Crippen LogP contribution is 2.15. The van der Waals surface area contributed by atoms with Crippen molar-refractivity contribution in [1.29, 1.82) is 0 Å². The van der Waals surface area contributed by atoms with Gasteiger partial charge in [0.1, 0.15) is 0 Å². The molecule has 0 aliphatic rings. The first-order valence-corrected chi connectivity index (χ1v) is 9.25. The van der Waals surface area contributed by atoms with E-state index in [2.05, 4.69) is 5.32 Å². The second-order valence-corrected chi connectivity index (χ2v) is 6.95. The lowest BCUT2D eigenvalue weighted by atomic mass is 10.1. The van der Waals surface area contributed by atoms with Crippen molar-refractivity contribution in [3.05, 3.63) is 104 Å². The van der Waals surface area contributed by atoms with E-state index < -0.39 is 0 Å². The smallest absolute Gasteiger partial charge is 0.252 e. The molecule has 138 valence electrons. The van der Waals surface area contributed by atoms with Crippen molar-refractivity contribution in [2.45, 2.75) is 13.0 Å². The molecule has 1 aromatic heterocycles. The number of nitrogens with zero attached hydrogens (tertiary/aromatic N) is 1. The molecule has 0 bridgehead atoms. The number of carbonyl (C=O) groups excluding carboxylic acids is 1. The molecular weight excluding hydrogens is 383 g/mol. The fourth-order valence-corrected chi connectivity index (χ4v) is 3.12. The molecule has 0 saturated carbocycles. The van der Waals surface area contributed by atoms with Gasteiger partial charge in [-0.1, -0.05) is 53.5 Å². The van der Waals surface area contributed by atoms with Gasteiger partial charge in [0.2, 0.25) is 0 Å². The molecule has 0 radical (unpaired) electrons. The third-order valence-electron chi connectivity index (χ3n) is 4.13. The van der Waals surface area contributed by atoms with Gasteiger partial charge in [0.25, 0.3) is 11.5 Å². The Balaban J connectivity index is 1.66. The maximum Gasteiger partial charge on any atom is 0.252 e. The van der Waals surface area contributed by atoms with Crippen LogP contribution in [0.15, 0.2) is 71.7 Å². The number of hydrogen-bond acceptors (Lipinski definition) is 2. The van der Waals surface area contributed by atoms with Crippen LogP contribution in [0.25, 0.3) is 0 Å². The van der Waals surface area contributed by atoms with Gasteiger partial charge in [-0.3, -0.25) is 9.59 Å². The Hall–Kier alpha value is -2.56. The number of hydrogen-bond donors (Lipinski definition) is 1. The molecule has 0 aliphatic carbocycles. The number of amides is 1. The van der Waals surface area contributed by atoms with Crippen molar-refractivity contribution >= 4 is 29.1 Å². The van der Waals surface area contributed by atoms with Crippen LogP contribution < -0.4 is 10.9 Å². The second-order valence-electron chi connectivity index (χ2n) is 6.11. The minimum atomic E-state index is -0.232. The Kier molecular flexibility index (Phi) is 6.32. The predicted octanol–water partition coefficient (Wildman–Crippen LogP) is 4.18. The SMILES string of the molecule is O=C(NCCc1cccc(Cl)c1)c1ccc(=O)n(Cc2ccccc2Cl)c1. The number of carbonyl (C=O) groups is 1. The topological polar surface area (TPSA) is 51.1 Å². The number of rotatable bonds is 6. The summed E-state index contributed by atoms with van der Waals surface area (Å²) < 4.78 is 1.48. The number of halogens is 2. The first-order chi connectivity index (χ1) is 13.0. The van der Waals surface area contributed by atoms with Crippen LogP contribution in [0.5, 0.6) is 0 Å². The summed E-state index contributed by atoms with van der Waals surface area (Å²) in [5.41, 5.74) is 2.10. The lowest BCUT2D eigenvalue weighted by Crippen LogP contribution is -2.28. The lowest BCUT2D eigenvalue weighted by molar-refractivity contribution is 0.0953. The van der Waals surface area contributed by atoms with E-state index in [-0.39, 0.29) is 11.5 Å². The molecule has 0 spiro atoms. The number of nitrogens with one attached hydrogen (secondary N) is 1. The highest BCUT2D eigenvalue weighted by atomic mass is 35.5. The minimum absolute atomic E-state index is 0.189. The number of aromatic nitrogens is 1. The molecule has 1 amide bonds. The van der Waals surface area contributed by atoms with Crippen LogP contribution in [-0.2, 0) is 13.0 Å². The highest BCUT2D eigenvalue weighted by molar-refractivity contribution is 6.31. The third-order valence-corrected chi connectivity index (χ3v) is 4.74. The van der Waals surface area contributed by atoms with Crippen molar-refractivity contribution in [3.63, 3.8) is 0 Å². The van der Waals surface area contributed by atoms with Crippen molar-refractivity contribution in [2.75, 3.05) is 6.54 Å². The van der Waals surface area contributed by atoms with Crippen LogP contribution in [0.4, 0.5) is 0 Å². The molecule has 4 nitrogen and oxygen atoms in total. The molecule has 0 aliphatic heterocycles. The Morgan fingerprint density at radius 2 is 1.81 bits per heavy atom. The Labute approximate surface area is 167 Å². The van der Waals surface area contributed by atoms with Crippen LogP contribution in [0, 0.1) is 0 Å². The summed E-state index contributed by atoms with van der Waals surface area (Å²) in [4.78, 5) is 24.5. The van der Waals surface area contributed by atoms with Crippen molar-refractivity contribution in [3.8, 4) is 0 Å². The standard InChI is InChI=1S/C21H18Cl2N2O2/c22-18-6-3-4-15(12-18)10-11-24-21(27)17-8-9-20(26)25(14-17)13-16-5-1-2-7-19(16)23/h1-9,12,14H,10-11,13H2,(H,24,27). The normalized spacial score (nSPS) is 10.6. The van der Waals surface area contributed by atoms with E-state index in [1.807, 2.05) is 42.5 Å². The molecule has 0 saturated heterocycles. The molecule has 0 unspecified atom stereocenters. The summed E-state index contributed by atoms with van der Waals surface area (Å²) in [5, 5.41) is 4.12. The monoisotopic (exact) mass is 400 g/mol.